The number of sulfonamides is 1. The summed E-state index contributed by atoms with van der Waals surface area (Å²) in [5.74, 6) is 0.728. The minimum atomic E-state index is -3.78. The monoisotopic (exact) mass is 547 g/mol. The average molecular weight is 548 g/mol. The number of hydrogen-bond acceptors (Lipinski definition) is 5. The van der Waals surface area contributed by atoms with Crippen LogP contribution in [-0.2, 0) is 26.1 Å². The van der Waals surface area contributed by atoms with Crippen LogP contribution in [0.4, 0.5) is 0 Å². The summed E-state index contributed by atoms with van der Waals surface area (Å²) in [6.07, 6.45) is 2.06. The Hall–Kier alpha value is -2.36. The number of rotatable bonds is 10. The lowest BCUT2D eigenvalue weighted by Crippen LogP contribution is -2.48. The van der Waals surface area contributed by atoms with Crippen LogP contribution in [0.3, 0.4) is 0 Å². The van der Waals surface area contributed by atoms with Crippen molar-refractivity contribution >= 4 is 15.9 Å². The predicted octanol–water partition coefficient (Wildman–Crippen LogP) is 4.71. The minimum absolute atomic E-state index is 0.0515. The predicted molar refractivity (Wildman–Crippen MR) is 150 cm³/mol. The van der Waals surface area contributed by atoms with Gasteiger partial charge in [0.15, 0.2) is 0 Å². The normalized spacial score (nSPS) is 16.3. The van der Waals surface area contributed by atoms with Crippen molar-refractivity contribution in [2.75, 3.05) is 40.0 Å². The number of nitrogens with zero attached hydrogens (tertiary/aromatic N) is 3. The van der Waals surface area contributed by atoms with Crippen molar-refractivity contribution < 1.29 is 22.7 Å². The highest BCUT2D eigenvalue weighted by molar-refractivity contribution is 7.89. The zero-order valence-corrected chi connectivity index (χ0v) is 25.3. The number of methoxy groups -OCH3 is 1. The van der Waals surface area contributed by atoms with Crippen LogP contribution >= 0.6 is 0 Å². The van der Waals surface area contributed by atoms with Crippen LogP contribution in [0.2, 0.25) is 0 Å². The van der Waals surface area contributed by atoms with Crippen molar-refractivity contribution in [1.82, 2.24) is 13.8 Å². The fourth-order valence-corrected chi connectivity index (χ4v) is 7.52. The number of ether oxygens (including phenoxy) is 2. The first kappa shape index (κ1) is 30.2. The van der Waals surface area contributed by atoms with Gasteiger partial charge in [0, 0.05) is 38.1 Å². The van der Waals surface area contributed by atoms with E-state index in [1.165, 1.54) is 4.31 Å². The van der Waals surface area contributed by atoms with E-state index >= 15 is 0 Å². The van der Waals surface area contributed by atoms with Crippen LogP contribution in [0.5, 0.6) is 5.75 Å². The van der Waals surface area contributed by atoms with Gasteiger partial charge in [-0.05, 0) is 67.0 Å². The standard InChI is InChI=1S/C29H45N3O5S/c1-20(2)18-31(38(34,35)27-21(3)17-25(36-9)22(4)23(27)5)15-16-37-19-26(33)32-14-13-30-12-10-11-24(30)28(32)29(6,7)8/h10-12,17,20,28H,13-16,18-19H2,1-9H3. The van der Waals surface area contributed by atoms with Crippen molar-refractivity contribution in [3.8, 4) is 5.75 Å². The smallest absolute Gasteiger partial charge is 0.249 e. The fraction of sp³-hybridized carbons (Fsp3) is 0.621. The molecule has 0 fully saturated rings. The molecule has 1 amide bonds. The number of fused-ring (bicyclic) bond motifs is 1. The van der Waals surface area contributed by atoms with Gasteiger partial charge in [-0.3, -0.25) is 4.79 Å². The molecular formula is C29H45N3O5S. The van der Waals surface area contributed by atoms with E-state index in [9.17, 15) is 13.2 Å². The van der Waals surface area contributed by atoms with E-state index < -0.39 is 10.0 Å². The van der Waals surface area contributed by atoms with Gasteiger partial charge in [0.05, 0.1) is 24.7 Å². The molecule has 3 rings (SSSR count). The minimum Gasteiger partial charge on any atom is -0.496 e. The highest BCUT2D eigenvalue weighted by Gasteiger charge is 2.38. The molecule has 1 unspecified atom stereocenters. The lowest BCUT2D eigenvalue weighted by atomic mass is 9.82. The second kappa shape index (κ2) is 11.8. The molecule has 1 atom stereocenters. The zero-order valence-electron chi connectivity index (χ0n) is 24.5. The summed E-state index contributed by atoms with van der Waals surface area (Å²) >= 11 is 0. The highest BCUT2D eigenvalue weighted by Crippen LogP contribution is 2.40. The summed E-state index contributed by atoms with van der Waals surface area (Å²) in [6, 6.07) is 5.83. The van der Waals surface area contributed by atoms with Gasteiger partial charge in [0.2, 0.25) is 15.9 Å². The van der Waals surface area contributed by atoms with Crippen molar-refractivity contribution in [2.45, 2.75) is 72.9 Å². The quantitative estimate of drug-likeness (QED) is 0.402. The summed E-state index contributed by atoms with van der Waals surface area (Å²) in [5, 5.41) is 0. The summed E-state index contributed by atoms with van der Waals surface area (Å²) in [4.78, 5) is 15.5. The molecule has 0 saturated carbocycles. The molecule has 2 heterocycles. The highest BCUT2D eigenvalue weighted by atomic mass is 32.2. The van der Waals surface area contributed by atoms with Gasteiger partial charge in [-0.25, -0.2) is 8.42 Å². The van der Waals surface area contributed by atoms with E-state index in [1.807, 2.05) is 38.7 Å². The van der Waals surface area contributed by atoms with E-state index in [1.54, 1.807) is 20.1 Å². The van der Waals surface area contributed by atoms with E-state index in [0.717, 1.165) is 17.8 Å². The molecule has 2 aromatic rings. The maximum Gasteiger partial charge on any atom is 0.249 e. The Labute approximate surface area is 229 Å². The molecule has 0 spiro atoms. The Kier molecular flexibility index (Phi) is 9.37. The largest absolute Gasteiger partial charge is 0.496 e. The maximum absolute atomic E-state index is 13.8. The average Bonchev–Trinajstić information content (AvgIpc) is 3.30. The second-order valence-electron chi connectivity index (χ2n) is 11.8. The number of carbonyl (C=O) groups excluding carboxylic acids is 1. The van der Waals surface area contributed by atoms with E-state index in [2.05, 4.69) is 37.6 Å². The Morgan fingerprint density at radius 3 is 2.45 bits per heavy atom. The molecule has 212 valence electrons. The first-order valence-corrected chi connectivity index (χ1v) is 14.8. The number of carbonyl (C=O) groups is 1. The van der Waals surface area contributed by atoms with Crippen LogP contribution < -0.4 is 4.74 Å². The Balaban J connectivity index is 1.72. The third-order valence-electron chi connectivity index (χ3n) is 7.25. The number of aromatic nitrogens is 1. The van der Waals surface area contributed by atoms with Crippen LogP contribution in [0.1, 0.15) is 63.0 Å². The third-order valence-corrected chi connectivity index (χ3v) is 9.41. The molecule has 1 aromatic heterocycles. The molecular weight excluding hydrogens is 502 g/mol. The number of amides is 1. The summed E-state index contributed by atoms with van der Waals surface area (Å²) in [7, 11) is -2.19. The lowest BCUT2D eigenvalue weighted by molar-refractivity contribution is -0.142. The van der Waals surface area contributed by atoms with Gasteiger partial charge >= 0.3 is 0 Å². The molecule has 0 bridgehead atoms. The first-order valence-electron chi connectivity index (χ1n) is 13.4. The Morgan fingerprint density at radius 2 is 1.84 bits per heavy atom. The van der Waals surface area contributed by atoms with Crippen molar-refractivity contribution in [2.24, 2.45) is 11.3 Å². The number of hydrogen-bond donors (Lipinski definition) is 0. The maximum atomic E-state index is 13.8. The summed E-state index contributed by atoms with van der Waals surface area (Å²) in [5.41, 5.74) is 3.14. The van der Waals surface area contributed by atoms with Crippen LogP contribution in [0.25, 0.3) is 0 Å². The Bertz CT molecular complexity index is 1240. The SMILES string of the molecule is COc1cc(C)c(S(=O)(=O)N(CCOCC(=O)N2CCn3cccc3C2C(C)(C)C)CC(C)C)c(C)c1C. The van der Waals surface area contributed by atoms with Gasteiger partial charge in [-0.2, -0.15) is 4.31 Å². The molecule has 38 heavy (non-hydrogen) atoms. The first-order chi connectivity index (χ1) is 17.7. The van der Waals surface area contributed by atoms with Crippen LogP contribution in [-0.4, -0.2) is 68.1 Å². The van der Waals surface area contributed by atoms with Gasteiger partial charge < -0.3 is 18.9 Å². The second-order valence-corrected chi connectivity index (χ2v) is 13.6. The molecule has 1 aliphatic rings. The molecule has 0 aliphatic carbocycles. The van der Waals surface area contributed by atoms with E-state index in [4.69, 9.17) is 9.47 Å². The number of benzene rings is 1. The van der Waals surface area contributed by atoms with E-state index in [0.29, 0.717) is 34.9 Å². The van der Waals surface area contributed by atoms with Gasteiger partial charge in [-0.15, -0.1) is 0 Å². The van der Waals surface area contributed by atoms with Crippen LogP contribution in [0.15, 0.2) is 29.3 Å². The molecule has 1 aliphatic heterocycles. The Morgan fingerprint density at radius 1 is 1.16 bits per heavy atom. The molecule has 1 aromatic carbocycles. The fourth-order valence-electron chi connectivity index (χ4n) is 5.45. The molecule has 0 N–H and O–H groups in total. The van der Waals surface area contributed by atoms with Gasteiger partial charge in [-0.1, -0.05) is 34.6 Å². The molecule has 8 nitrogen and oxygen atoms in total. The molecule has 0 radical (unpaired) electrons. The van der Waals surface area contributed by atoms with E-state index in [-0.39, 0.29) is 43.0 Å². The van der Waals surface area contributed by atoms with Crippen LogP contribution in [0, 0.1) is 32.1 Å². The zero-order chi connectivity index (χ0) is 28.4. The third kappa shape index (κ3) is 6.26. The van der Waals surface area contributed by atoms with Crippen molar-refractivity contribution in [3.63, 3.8) is 0 Å². The van der Waals surface area contributed by atoms with Crippen molar-refractivity contribution in [3.05, 3.63) is 46.8 Å². The van der Waals surface area contributed by atoms with Gasteiger partial charge in [0.25, 0.3) is 0 Å². The van der Waals surface area contributed by atoms with Crippen molar-refractivity contribution in [1.29, 1.82) is 0 Å². The molecule has 9 heteroatoms. The lowest BCUT2D eigenvalue weighted by Gasteiger charge is -2.44. The van der Waals surface area contributed by atoms with Gasteiger partial charge in [0.1, 0.15) is 12.4 Å². The number of aryl methyl sites for hydroxylation is 1. The summed E-state index contributed by atoms with van der Waals surface area (Å²) < 4.78 is 42.6. The summed E-state index contributed by atoms with van der Waals surface area (Å²) in [6.45, 7) is 17.8. The molecule has 0 saturated heterocycles. The topological polar surface area (TPSA) is 81.1 Å².